The second-order valence-electron chi connectivity index (χ2n) is 8.29. The van der Waals surface area contributed by atoms with Crippen LogP contribution >= 0.6 is 11.6 Å². The SMILES string of the molecule is CC(C)Cn1c(N)c(C(=O)COC(=O)c2ccccc2OCc2ccccc2Cl)c(=O)n(C)c1=O. The minimum atomic E-state index is -0.850. The van der Waals surface area contributed by atoms with Crippen molar-refractivity contribution >= 4 is 29.2 Å². The van der Waals surface area contributed by atoms with Gasteiger partial charge in [0.1, 0.15) is 29.3 Å². The number of hydrogen-bond acceptors (Lipinski definition) is 7. The van der Waals surface area contributed by atoms with Crippen molar-refractivity contribution in [2.75, 3.05) is 12.3 Å². The Hall–Kier alpha value is -3.85. The van der Waals surface area contributed by atoms with Gasteiger partial charge in [-0.3, -0.25) is 18.7 Å². The van der Waals surface area contributed by atoms with Crippen molar-refractivity contribution in [1.29, 1.82) is 0 Å². The molecule has 0 atom stereocenters. The number of hydrogen-bond donors (Lipinski definition) is 1. The largest absolute Gasteiger partial charge is 0.488 e. The van der Waals surface area contributed by atoms with Gasteiger partial charge in [0.2, 0.25) is 5.78 Å². The van der Waals surface area contributed by atoms with Crippen LogP contribution in [0.4, 0.5) is 5.82 Å². The first kappa shape index (κ1) is 25.8. The van der Waals surface area contributed by atoms with E-state index >= 15 is 0 Å². The Morgan fingerprint density at radius 1 is 1.06 bits per heavy atom. The Kier molecular flexibility index (Phi) is 8.14. The molecular formula is C25H26ClN3O6. The summed E-state index contributed by atoms with van der Waals surface area (Å²) in [5.41, 5.74) is 4.96. The second-order valence-corrected chi connectivity index (χ2v) is 8.69. The summed E-state index contributed by atoms with van der Waals surface area (Å²) in [6.07, 6.45) is 0. The molecule has 0 amide bonds. The highest BCUT2D eigenvalue weighted by Crippen LogP contribution is 2.23. The number of esters is 1. The number of ether oxygens (including phenoxy) is 2. The zero-order valence-corrected chi connectivity index (χ0v) is 20.4. The molecule has 184 valence electrons. The predicted octanol–water partition coefficient (Wildman–Crippen LogP) is 3.06. The number of aromatic nitrogens is 2. The van der Waals surface area contributed by atoms with Crippen LogP contribution in [0.25, 0.3) is 0 Å². The monoisotopic (exact) mass is 499 g/mol. The summed E-state index contributed by atoms with van der Waals surface area (Å²) in [6, 6.07) is 13.5. The van der Waals surface area contributed by atoms with E-state index in [4.69, 9.17) is 26.8 Å². The molecule has 0 spiro atoms. The minimum Gasteiger partial charge on any atom is -0.488 e. The van der Waals surface area contributed by atoms with Gasteiger partial charge in [0, 0.05) is 24.2 Å². The smallest absolute Gasteiger partial charge is 0.342 e. The molecule has 0 aliphatic rings. The van der Waals surface area contributed by atoms with Crippen molar-refractivity contribution < 1.29 is 19.1 Å². The third kappa shape index (κ3) is 5.81. The van der Waals surface area contributed by atoms with Crippen molar-refractivity contribution in [3.05, 3.63) is 91.1 Å². The molecular weight excluding hydrogens is 474 g/mol. The molecule has 2 N–H and O–H groups in total. The fourth-order valence-electron chi connectivity index (χ4n) is 3.40. The minimum absolute atomic E-state index is 0.0375. The molecule has 0 fully saturated rings. The lowest BCUT2D eigenvalue weighted by molar-refractivity contribution is 0.0469. The van der Waals surface area contributed by atoms with Gasteiger partial charge >= 0.3 is 11.7 Å². The standard InChI is InChI=1S/C25H26ClN3O6/c1-15(2)12-29-22(27)21(23(31)28(3)25(29)33)19(30)14-35-24(32)17-9-5-7-11-20(17)34-13-16-8-4-6-10-18(16)26/h4-11,15H,12-14,27H2,1-3H3. The van der Waals surface area contributed by atoms with Crippen molar-refractivity contribution in [3.63, 3.8) is 0 Å². The molecule has 1 aromatic heterocycles. The first-order chi connectivity index (χ1) is 16.6. The van der Waals surface area contributed by atoms with Gasteiger partial charge in [-0.15, -0.1) is 0 Å². The molecule has 0 unspecified atom stereocenters. The first-order valence-corrected chi connectivity index (χ1v) is 11.2. The zero-order valence-electron chi connectivity index (χ0n) is 19.6. The van der Waals surface area contributed by atoms with Crippen LogP contribution in [0.5, 0.6) is 5.75 Å². The van der Waals surface area contributed by atoms with Crippen LogP contribution < -0.4 is 21.7 Å². The molecule has 35 heavy (non-hydrogen) atoms. The molecule has 0 aliphatic carbocycles. The highest BCUT2D eigenvalue weighted by Gasteiger charge is 2.24. The number of anilines is 1. The summed E-state index contributed by atoms with van der Waals surface area (Å²) in [5.74, 6) is -1.61. The molecule has 1 heterocycles. The maximum absolute atomic E-state index is 12.8. The summed E-state index contributed by atoms with van der Waals surface area (Å²) in [6.45, 7) is 3.33. The fraction of sp³-hybridized carbons (Fsp3) is 0.280. The fourth-order valence-corrected chi connectivity index (χ4v) is 3.59. The summed E-state index contributed by atoms with van der Waals surface area (Å²) >= 11 is 6.15. The Labute approximate surface area is 206 Å². The normalized spacial score (nSPS) is 10.9. The first-order valence-electron chi connectivity index (χ1n) is 10.9. The van der Waals surface area contributed by atoms with Gasteiger partial charge in [0.15, 0.2) is 6.61 Å². The highest BCUT2D eigenvalue weighted by atomic mass is 35.5. The number of Topliss-reactive ketones (excluding diaryl/α,β-unsaturated/α-hetero) is 1. The number of halogens is 1. The Morgan fingerprint density at radius 3 is 2.40 bits per heavy atom. The number of nitrogens with zero attached hydrogens (tertiary/aromatic N) is 2. The van der Waals surface area contributed by atoms with E-state index in [-0.39, 0.29) is 36.2 Å². The van der Waals surface area contributed by atoms with E-state index in [0.717, 1.165) is 10.1 Å². The van der Waals surface area contributed by atoms with Crippen LogP contribution in [0.3, 0.4) is 0 Å². The average Bonchev–Trinajstić information content (AvgIpc) is 2.83. The van der Waals surface area contributed by atoms with Gasteiger partial charge in [0.05, 0.1) is 0 Å². The number of nitrogens with two attached hydrogens (primary N) is 1. The lowest BCUT2D eigenvalue weighted by Crippen LogP contribution is -2.43. The van der Waals surface area contributed by atoms with E-state index in [2.05, 4.69) is 0 Å². The van der Waals surface area contributed by atoms with Crippen molar-refractivity contribution in [1.82, 2.24) is 9.13 Å². The highest BCUT2D eigenvalue weighted by molar-refractivity contribution is 6.31. The number of nitrogen functional groups attached to an aromatic ring is 1. The van der Waals surface area contributed by atoms with Crippen LogP contribution in [0.15, 0.2) is 58.1 Å². The molecule has 0 radical (unpaired) electrons. The van der Waals surface area contributed by atoms with E-state index < -0.39 is 35.2 Å². The molecule has 10 heteroatoms. The Balaban J connectivity index is 1.78. The quantitative estimate of drug-likeness (QED) is 0.354. The second kappa shape index (κ2) is 11.1. The van der Waals surface area contributed by atoms with Gasteiger partial charge in [-0.05, 0) is 24.1 Å². The lowest BCUT2D eigenvalue weighted by Gasteiger charge is -2.16. The van der Waals surface area contributed by atoms with Gasteiger partial charge < -0.3 is 15.2 Å². The average molecular weight is 500 g/mol. The Morgan fingerprint density at radius 2 is 1.71 bits per heavy atom. The topological polar surface area (TPSA) is 123 Å². The van der Waals surface area contributed by atoms with Crippen molar-refractivity contribution in [3.8, 4) is 5.75 Å². The maximum atomic E-state index is 12.8. The third-order valence-corrected chi connectivity index (χ3v) is 5.56. The van der Waals surface area contributed by atoms with E-state index in [1.165, 1.54) is 17.7 Å². The van der Waals surface area contributed by atoms with Crippen molar-refractivity contribution in [2.24, 2.45) is 13.0 Å². The maximum Gasteiger partial charge on any atom is 0.342 e. The molecule has 2 aromatic carbocycles. The van der Waals surface area contributed by atoms with Gasteiger partial charge in [0.25, 0.3) is 5.56 Å². The molecule has 0 saturated heterocycles. The number of benzene rings is 2. The van der Waals surface area contributed by atoms with Crippen LogP contribution in [0.2, 0.25) is 5.02 Å². The Bertz CT molecular complexity index is 1380. The van der Waals surface area contributed by atoms with Crippen LogP contribution in [0, 0.1) is 5.92 Å². The van der Waals surface area contributed by atoms with E-state index in [1.807, 2.05) is 19.9 Å². The van der Waals surface area contributed by atoms with Crippen LogP contribution in [0.1, 0.15) is 40.1 Å². The number of carbonyl (C=O) groups excluding carboxylic acids is 2. The summed E-state index contributed by atoms with van der Waals surface area (Å²) < 4.78 is 12.9. The van der Waals surface area contributed by atoms with Gasteiger partial charge in [-0.1, -0.05) is 55.8 Å². The molecule has 9 nitrogen and oxygen atoms in total. The van der Waals surface area contributed by atoms with Gasteiger partial charge in [-0.2, -0.15) is 0 Å². The summed E-state index contributed by atoms with van der Waals surface area (Å²) in [5, 5.41) is 0.524. The summed E-state index contributed by atoms with van der Waals surface area (Å²) in [7, 11) is 1.26. The van der Waals surface area contributed by atoms with Crippen LogP contribution in [-0.4, -0.2) is 27.5 Å². The molecule has 0 aliphatic heterocycles. The van der Waals surface area contributed by atoms with Gasteiger partial charge in [-0.25, -0.2) is 9.59 Å². The molecule has 3 aromatic rings. The number of carbonyl (C=O) groups is 2. The van der Waals surface area contributed by atoms with E-state index in [9.17, 15) is 19.2 Å². The lowest BCUT2D eigenvalue weighted by atomic mass is 10.1. The third-order valence-electron chi connectivity index (χ3n) is 5.19. The van der Waals surface area contributed by atoms with E-state index in [1.54, 1.807) is 36.4 Å². The number of para-hydroxylation sites is 1. The predicted molar refractivity (Wildman–Crippen MR) is 132 cm³/mol. The molecule has 3 rings (SSSR count). The number of ketones is 1. The van der Waals surface area contributed by atoms with E-state index in [0.29, 0.717) is 5.02 Å². The van der Waals surface area contributed by atoms with Crippen LogP contribution in [-0.2, 0) is 24.9 Å². The summed E-state index contributed by atoms with van der Waals surface area (Å²) in [4.78, 5) is 50.6. The van der Waals surface area contributed by atoms with Crippen molar-refractivity contribution in [2.45, 2.75) is 27.0 Å². The number of rotatable bonds is 9. The zero-order chi connectivity index (χ0) is 25.7. The molecule has 0 bridgehead atoms. The molecule has 0 saturated carbocycles.